The maximum atomic E-state index is 12.9. The molecule has 6 heteroatoms. The Bertz CT molecular complexity index is 889. The number of hydrogen-bond acceptors (Lipinski definition) is 4. The number of thiazole rings is 1. The molecule has 0 unspecified atom stereocenters. The number of nitrogens with one attached hydrogen (secondary N) is 1. The summed E-state index contributed by atoms with van der Waals surface area (Å²) in [6, 6.07) is 13.7. The molecule has 140 valence electrons. The molecule has 27 heavy (non-hydrogen) atoms. The minimum absolute atomic E-state index is 0.251. The molecule has 1 amide bonds. The fraction of sp³-hybridized carbons (Fsp3) is 0.238. The molecule has 4 nitrogen and oxygen atoms in total. The van der Waals surface area contributed by atoms with Crippen LogP contribution in [0, 0.1) is 11.7 Å². The van der Waals surface area contributed by atoms with Gasteiger partial charge in [0, 0.05) is 17.5 Å². The maximum Gasteiger partial charge on any atom is 0.271 e. The lowest BCUT2D eigenvalue weighted by Gasteiger charge is -2.08. The highest BCUT2D eigenvalue weighted by atomic mass is 32.1. The Morgan fingerprint density at radius 3 is 2.52 bits per heavy atom. The van der Waals surface area contributed by atoms with Crippen LogP contribution in [0.15, 0.2) is 53.9 Å². The van der Waals surface area contributed by atoms with Gasteiger partial charge in [0.1, 0.15) is 22.3 Å². The van der Waals surface area contributed by atoms with Gasteiger partial charge in [-0.3, -0.25) is 4.79 Å². The average molecular weight is 384 g/mol. The molecule has 1 aromatic heterocycles. The van der Waals surface area contributed by atoms with Crippen molar-refractivity contribution < 1.29 is 13.9 Å². The molecule has 0 spiro atoms. The van der Waals surface area contributed by atoms with Crippen molar-refractivity contribution in [3.63, 3.8) is 0 Å². The summed E-state index contributed by atoms with van der Waals surface area (Å²) < 4.78 is 18.6. The Labute approximate surface area is 162 Å². The lowest BCUT2D eigenvalue weighted by atomic mass is 10.2. The third-order valence-corrected chi connectivity index (χ3v) is 4.68. The van der Waals surface area contributed by atoms with Gasteiger partial charge in [0.2, 0.25) is 0 Å². The number of nitrogens with zero attached hydrogens (tertiary/aromatic N) is 1. The Balaban J connectivity index is 1.60. The van der Waals surface area contributed by atoms with Crippen molar-refractivity contribution in [1.29, 1.82) is 0 Å². The molecule has 0 radical (unpaired) electrons. The summed E-state index contributed by atoms with van der Waals surface area (Å²) in [5.74, 6) is 0.745. The number of halogens is 1. The van der Waals surface area contributed by atoms with Crippen molar-refractivity contribution in [2.75, 3.05) is 6.61 Å². The Kier molecular flexibility index (Phi) is 6.19. The normalized spacial score (nSPS) is 10.8. The molecule has 1 N–H and O–H groups in total. The van der Waals surface area contributed by atoms with Crippen molar-refractivity contribution in [2.24, 2.45) is 5.92 Å². The molecule has 1 heterocycles. The van der Waals surface area contributed by atoms with E-state index < -0.39 is 0 Å². The molecule has 0 fully saturated rings. The van der Waals surface area contributed by atoms with Gasteiger partial charge in [-0.25, -0.2) is 9.37 Å². The van der Waals surface area contributed by atoms with E-state index in [2.05, 4.69) is 24.1 Å². The van der Waals surface area contributed by atoms with Gasteiger partial charge in [0.25, 0.3) is 5.91 Å². The molecule has 0 saturated heterocycles. The van der Waals surface area contributed by atoms with Crippen molar-refractivity contribution in [1.82, 2.24) is 10.3 Å². The SMILES string of the molecule is CC(C)COc1ccc(-c2nc(C(=O)NCc3ccc(F)cc3)cs2)cc1. The summed E-state index contributed by atoms with van der Waals surface area (Å²) in [5, 5.41) is 5.31. The largest absolute Gasteiger partial charge is 0.493 e. The van der Waals surface area contributed by atoms with Crippen molar-refractivity contribution in [3.8, 4) is 16.3 Å². The van der Waals surface area contributed by atoms with Crippen LogP contribution in [0.25, 0.3) is 10.6 Å². The first-order valence-electron chi connectivity index (χ1n) is 8.72. The molecular formula is C21H21FN2O2S. The molecule has 0 aliphatic rings. The van der Waals surface area contributed by atoms with E-state index in [0.717, 1.165) is 21.9 Å². The fourth-order valence-corrected chi connectivity index (χ4v) is 3.15. The van der Waals surface area contributed by atoms with Gasteiger partial charge in [0.15, 0.2) is 0 Å². The number of ether oxygens (including phenoxy) is 1. The highest BCUT2D eigenvalue weighted by Crippen LogP contribution is 2.26. The van der Waals surface area contributed by atoms with E-state index in [-0.39, 0.29) is 11.7 Å². The summed E-state index contributed by atoms with van der Waals surface area (Å²) in [4.78, 5) is 16.7. The highest BCUT2D eigenvalue weighted by Gasteiger charge is 2.12. The third-order valence-electron chi connectivity index (χ3n) is 3.79. The van der Waals surface area contributed by atoms with E-state index in [1.165, 1.54) is 23.5 Å². The molecule has 3 rings (SSSR count). The summed E-state index contributed by atoms with van der Waals surface area (Å²) in [7, 11) is 0. The molecular weight excluding hydrogens is 363 g/mol. The summed E-state index contributed by atoms with van der Waals surface area (Å²) >= 11 is 1.42. The molecule has 2 aromatic carbocycles. The first-order valence-corrected chi connectivity index (χ1v) is 9.60. The predicted molar refractivity (Wildman–Crippen MR) is 105 cm³/mol. The van der Waals surface area contributed by atoms with Crippen LogP contribution in [-0.2, 0) is 6.54 Å². The Morgan fingerprint density at radius 2 is 1.85 bits per heavy atom. The molecule has 0 aliphatic carbocycles. The number of hydrogen-bond donors (Lipinski definition) is 1. The predicted octanol–water partition coefficient (Wildman–Crippen LogP) is 4.91. The zero-order valence-corrected chi connectivity index (χ0v) is 16.1. The summed E-state index contributed by atoms with van der Waals surface area (Å²) in [6.07, 6.45) is 0. The van der Waals surface area contributed by atoms with Gasteiger partial charge in [-0.15, -0.1) is 11.3 Å². The molecule has 3 aromatic rings. The average Bonchev–Trinajstić information content (AvgIpc) is 3.16. The van der Waals surface area contributed by atoms with E-state index >= 15 is 0 Å². The van der Waals surface area contributed by atoms with Gasteiger partial charge >= 0.3 is 0 Å². The first kappa shape index (κ1) is 19.0. The first-order chi connectivity index (χ1) is 13.0. The highest BCUT2D eigenvalue weighted by molar-refractivity contribution is 7.13. The molecule has 0 aliphatic heterocycles. The summed E-state index contributed by atoms with van der Waals surface area (Å²) in [6.45, 7) is 5.21. The van der Waals surface area contributed by atoms with Crippen LogP contribution in [0.4, 0.5) is 4.39 Å². The number of carbonyl (C=O) groups is 1. The molecule has 0 bridgehead atoms. The van der Waals surface area contributed by atoms with Crippen LogP contribution in [0.1, 0.15) is 29.9 Å². The fourth-order valence-electron chi connectivity index (χ4n) is 2.34. The van der Waals surface area contributed by atoms with E-state index in [1.807, 2.05) is 24.3 Å². The molecule has 0 atom stereocenters. The maximum absolute atomic E-state index is 12.9. The third kappa shape index (κ3) is 5.37. The van der Waals surface area contributed by atoms with Gasteiger partial charge in [-0.2, -0.15) is 0 Å². The van der Waals surface area contributed by atoms with E-state index in [4.69, 9.17) is 4.74 Å². The Morgan fingerprint density at radius 1 is 1.15 bits per heavy atom. The van der Waals surface area contributed by atoms with Crippen LogP contribution in [0.2, 0.25) is 0 Å². The van der Waals surface area contributed by atoms with Gasteiger partial charge in [-0.1, -0.05) is 26.0 Å². The standard InChI is InChI=1S/C21H21FN2O2S/c1-14(2)12-26-18-9-5-16(6-10-18)21-24-19(13-27-21)20(25)23-11-15-3-7-17(22)8-4-15/h3-10,13-14H,11-12H2,1-2H3,(H,23,25). The van der Waals surface area contributed by atoms with Crippen LogP contribution in [0.3, 0.4) is 0 Å². The number of carbonyl (C=O) groups excluding carboxylic acids is 1. The number of benzene rings is 2. The van der Waals surface area contributed by atoms with Crippen molar-refractivity contribution >= 4 is 17.2 Å². The smallest absolute Gasteiger partial charge is 0.271 e. The molecule has 0 saturated carbocycles. The van der Waals surface area contributed by atoms with Gasteiger partial charge < -0.3 is 10.1 Å². The number of aromatic nitrogens is 1. The minimum atomic E-state index is -0.296. The van der Waals surface area contributed by atoms with Crippen LogP contribution < -0.4 is 10.1 Å². The second-order valence-corrected chi connectivity index (χ2v) is 7.43. The lowest BCUT2D eigenvalue weighted by Crippen LogP contribution is -2.23. The number of amides is 1. The van der Waals surface area contributed by atoms with Crippen LogP contribution in [0.5, 0.6) is 5.75 Å². The zero-order valence-electron chi connectivity index (χ0n) is 15.2. The van der Waals surface area contributed by atoms with E-state index in [1.54, 1.807) is 17.5 Å². The van der Waals surface area contributed by atoms with Crippen molar-refractivity contribution in [3.05, 3.63) is 71.0 Å². The van der Waals surface area contributed by atoms with E-state index in [9.17, 15) is 9.18 Å². The number of rotatable bonds is 7. The minimum Gasteiger partial charge on any atom is -0.493 e. The van der Waals surface area contributed by atoms with Crippen LogP contribution in [-0.4, -0.2) is 17.5 Å². The lowest BCUT2D eigenvalue weighted by molar-refractivity contribution is 0.0946. The quantitative estimate of drug-likeness (QED) is 0.629. The second kappa shape index (κ2) is 8.77. The Hall–Kier alpha value is -2.73. The summed E-state index contributed by atoms with van der Waals surface area (Å²) in [5.41, 5.74) is 2.14. The van der Waals surface area contributed by atoms with Gasteiger partial charge in [0.05, 0.1) is 6.61 Å². The van der Waals surface area contributed by atoms with Crippen LogP contribution >= 0.6 is 11.3 Å². The van der Waals surface area contributed by atoms with E-state index in [0.29, 0.717) is 24.8 Å². The zero-order chi connectivity index (χ0) is 19.2. The topological polar surface area (TPSA) is 51.2 Å². The van der Waals surface area contributed by atoms with Gasteiger partial charge in [-0.05, 0) is 47.9 Å². The van der Waals surface area contributed by atoms with Crippen molar-refractivity contribution in [2.45, 2.75) is 20.4 Å². The second-order valence-electron chi connectivity index (χ2n) is 6.58. The monoisotopic (exact) mass is 384 g/mol.